The van der Waals surface area contributed by atoms with Gasteiger partial charge >= 0.3 is 0 Å². The van der Waals surface area contributed by atoms with Crippen molar-refractivity contribution in [2.75, 3.05) is 0 Å². The van der Waals surface area contributed by atoms with Crippen LogP contribution in [-0.2, 0) is 0 Å². The molecule has 1 nitrogen and oxygen atoms in total. The molecule has 0 saturated carbocycles. The molecule has 1 aliphatic rings. The second-order valence-corrected chi connectivity index (χ2v) is 2.94. The Balaban J connectivity index is 2.99. The summed E-state index contributed by atoms with van der Waals surface area (Å²) < 4.78 is 0. The van der Waals surface area contributed by atoms with Gasteiger partial charge in [-0.15, -0.1) is 0 Å². The molecule has 68 valence electrons. The van der Waals surface area contributed by atoms with Crippen LogP contribution in [0.3, 0.4) is 0 Å². The Kier molecular flexibility index (Phi) is 3.44. The zero-order valence-corrected chi connectivity index (χ0v) is 8.09. The monoisotopic (exact) mass is 173 g/mol. The molecule has 0 saturated heterocycles. The zero-order valence-electron chi connectivity index (χ0n) is 8.09. The lowest BCUT2D eigenvalue weighted by atomic mass is 10.1. The van der Waals surface area contributed by atoms with Crippen LogP contribution in [0, 0.1) is 0 Å². The van der Waals surface area contributed by atoms with Gasteiger partial charge < -0.3 is 0 Å². The van der Waals surface area contributed by atoms with E-state index in [1.165, 1.54) is 5.57 Å². The zero-order chi connectivity index (χ0) is 9.68. The van der Waals surface area contributed by atoms with E-state index in [-0.39, 0.29) is 0 Å². The summed E-state index contributed by atoms with van der Waals surface area (Å²) in [7, 11) is 0. The Morgan fingerprint density at radius 2 is 2.31 bits per heavy atom. The van der Waals surface area contributed by atoms with E-state index in [1.807, 2.05) is 12.2 Å². The van der Waals surface area contributed by atoms with Crippen molar-refractivity contribution in [1.82, 2.24) is 0 Å². The lowest BCUT2D eigenvalue weighted by Crippen LogP contribution is -1.80. The molecule has 0 aromatic carbocycles. The third-order valence-electron chi connectivity index (χ3n) is 2.19. The Morgan fingerprint density at radius 3 is 2.85 bits per heavy atom. The summed E-state index contributed by atoms with van der Waals surface area (Å²) in [6, 6.07) is 0. The van der Waals surface area contributed by atoms with Crippen LogP contribution in [-0.4, -0.2) is 6.72 Å². The molecule has 1 heteroatoms. The van der Waals surface area contributed by atoms with E-state index in [1.54, 1.807) is 0 Å². The second-order valence-electron chi connectivity index (χ2n) is 2.94. The number of nitrogens with zero attached hydrogens (tertiary/aromatic N) is 1. The first-order valence-electron chi connectivity index (χ1n) is 4.51. The van der Waals surface area contributed by atoms with Crippen molar-refractivity contribution in [3.8, 4) is 0 Å². The second kappa shape index (κ2) is 4.61. The van der Waals surface area contributed by atoms with E-state index in [0.29, 0.717) is 0 Å². The van der Waals surface area contributed by atoms with Gasteiger partial charge in [-0.1, -0.05) is 37.3 Å². The van der Waals surface area contributed by atoms with Gasteiger partial charge in [-0.2, -0.15) is 0 Å². The molecule has 0 heterocycles. The molecular weight excluding hydrogens is 158 g/mol. The molecule has 0 aromatic heterocycles. The van der Waals surface area contributed by atoms with Crippen molar-refractivity contribution in [2.45, 2.75) is 19.8 Å². The molecule has 0 unspecified atom stereocenters. The van der Waals surface area contributed by atoms with E-state index in [0.717, 1.165) is 24.1 Å². The molecule has 0 amide bonds. The Bertz CT molecular complexity index is 303. The summed E-state index contributed by atoms with van der Waals surface area (Å²) in [5.74, 6) is 0. The minimum absolute atomic E-state index is 0.911. The van der Waals surface area contributed by atoms with Crippen molar-refractivity contribution in [1.29, 1.82) is 0 Å². The lowest BCUT2D eigenvalue weighted by molar-refractivity contribution is 1.12. The highest BCUT2D eigenvalue weighted by Gasteiger charge is 2.02. The largest absolute Gasteiger partial charge is 0.264 e. The van der Waals surface area contributed by atoms with Crippen LogP contribution in [0.15, 0.2) is 52.7 Å². The molecule has 0 bridgehead atoms. The van der Waals surface area contributed by atoms with E-state index < -0.39 is 0 Å². The van der Waals surface area contributed by atoms with Gasteiger partial charge in [-0.25, -0.2) is 0 Å². The molecule has 0 spiro atoms. The highest BCUT2D eigenvalue weighted by Crippen LogP contribution is 2.20. The van der Waals surface area contributed by atoms with Crippen molar-refractivity contribution < 1.29 is 0 Å². The van der Waals surface area contributed by atoms with Gasteiger partial charge in [0.2, 0.25) is 0 Å². The van der Waals surface area contributed by atoms with Crippen LogP contribution in [0.1, 0.15) is 19.8 Å². The molecule has 13 heavy (non-hydrogen) atoms. The van der Waals surface area contributed by atoms with Crippen LogP contribution < -0.4 is 0 Å². The van der Waals surface area contributed by atoms with Gasteiger partial charge in [0.25, 0.3) is 0 Å². The van der Waals surface area contributed by atoms with Gasteiger partial charge in [0, 0.05) is 0 Å². The molecule has 0 aromatic rings. The maximum Gasteiger partial charge on any atom is 0.0657 e. The molecule has 1 aliphatic carbocycles. The van der Waals surface area contributed by atoms with E-state index in [2.05, 4.69) is 37.4 Å². The number of rotatable bonds is 3. The van der Waals surface area contributed by atoms with Gasteiger partial charge in [-0.3, -0.25) is 4.99 Å². The summed E-state index contributed by atoms with van der Waals surface area (Å²) >= 11 is 0. The molecule has 1 rings (SSSR count). The predicted octanol–water partition coefficient (Wildman–Crippen LogP) is 3.42. The van der Waals surface area contributed by atoms with Crippen molar-refractivity contribution >= 4 is 6.72 Å². The van der Waals surface area contributed by atoms with Crippen LogP contribution in [0.2, 0.25) is 0 Å². The van der Waals surface area contributed by atoms with Crippen molar-refractivity contribution in [2.24, 2.45) is 4.99 Å². The standard InChI is InChI=1S/C12H15N/c1-4-10-6-8-11(5-2)12(13-3)9-7-10/h5-7,9H,2-4,8H2,1H3. The summed E-state index contributed by atoms with van der Waals surface area (Å²) in [5, 5.41) is 0. The summed E-state index contributed by atoms with van der Waals surface area (Å²) in [6.45, 7) is 9.46. The fourth-order valence-electron chi connectivity index (χ4n) is 1.31. The SMILES string of the molecule is C=CC1=C(N=C)C=CC(CC)=CC1. The highest BCUT2D eigenvalue weighted by molar-refractivity contribution is 5.44. The number of hydrogen-bond donors (Lipinski definition) is 0. The van der Waals surface area contributed by atoms with Gasteiger partial charge in [0.05, 0.1) is 5.70 Å². The predicted molar refractivity (Wildman–Crippen MR) is 58.9 cm³/mol. The average molecular weight is 173 g/mol. The first-order valence-corrected chi connectivity index (χ1v) is 4.51. The van der Waals surface area contributed by atoms with Crippen LogP contribution in [0.5, 0.6) is 0 Å². The van der Waals surface area contributed by atoms with E-state index in [9.17, 15) is 0 Å². The van der Waals surface area contributed by atoms with Gasteiger partial charge in [-0.05, 0) is 31.2 Å². The minimum Gasteiger partial charge on any atom is -0.264 e. The third-order valence-corrected chi connectivity index (χ3v) is 2.19. The molecule has 0 radical (unpaired) electrons. The molecule has 0 N–H and O–H groups in total. The van der Waals surface area contributed by atoms with Crippen molar-refractivity contribution in [3.63, 3.8) is 0 Å². The average Bonchev–Trinajstić information content (AvgIpc) is 2.38. The first-order chi connectivity index (χ1) is 6.31. The summed E-state index contributed by atoms with van der Waals surface area (Å²) in [5.41, 5.74) is 3.43. The maximum atomic E-state index is 3.97. The van der Waals surface area contributed by atoms with E-state index in [4.69, 9.17) is 0 Å². The van der Waals surface area contributed by atoms with Crippen LogP contribution >= 0.6 is 0 Å². The molecular formula is C12H15N. The fraction of sp³-hybridized carbons (Fsp3) is 0.250. The molecule has 0 atom stereocenters. The number of aliphatic imine (C=N–C) groups is 1. The molecule has 0 fully saturated rings. The summed E-state index contributed by atoms with van der Waals surface area (Å²) in [6.07, 6.45) is 10.1. The normalized spacial score (nSPS) is 16.5. The highest BCUT2D eigenvalue weighted by atomic mass is 14.7. The Morgan fingerprint density at radius 1 is 1.54 bits per heavy atom. The van der Waals surface area contributed by atoms with Gasteiger partial charge in [0.1, 0.15) is 0 Å². The maximum absolute atomic E-state index is 3.97. The van der Waals surface area contributed by atoms with Crippen molar-refractivity contribution in [3.05, 3.63) is 47.7 Å². The quantitative estimate of drug-likeness (QED) is 0.580. The number of hydrogen-bond acceptors (Lipinski definition) is 1. The Labute approximate surface area is 79.9 Å². The lowest BCUT2D eigenvalue weighted by Gasteiger charge is -1.98. The third kappa shape index (κ3) is 2.28. The minimum atomic E-state index is 0.911. The summed E-state index contributed by atoms with van der Waals surface area (Å²) in [4.78, 5) is 3.97. The molecule has 0 aliphatic heterocycles. The van der Waals surface area contributed by atoms with Crippen LogP contribution in [0.4, 0.5) is 0 Å². The Hall–Kier alpha value is -1.37. The van der Waals surface area contributed by atoms with E-state index >= 15 is 0 Å². The smallest absolute Gasteiger partial charge is 0.0657 e. The fourth-order valence-corrected chi connectivity index (χ4v) is 1.31. The topological polar surface area (TPSA) is 12.4 Å². The first kappa shape index (κ1) is 9.72. The number of allylic oxidation sites excluding steroid dienone is 6. The van der Waals surface area contributed by atoms with Crippen LogP contribution in [0.25, 0.3) is 0 Å². The van der Waals surface area contributed by atoms with Gasteiger partial charge in [0.15, 0.2) is 0 Å².